The summed E-state index contributed by atoms with van der Waals surface area (Å²) in [6, 6.07) is 13.8. The van der Waals surface area contributed by atoms with Crippen LogP contribution in [0.3, 0.4) is 0 Å². The molecule has 1 atom stereocenters. The van der Waals surface area contributed by atoms with Crippen LogP contribution in [0.15, 0.2) is 48.7 Å². The first-order valence-electron chi connectivity index (χ1n) is 8.73. The number of hydrogen-bond acceptors (Lipinski definition) is 3. The molecule has 26 heavy (non-hydrogen) atoms. The van der Waals surface area contributed by atoms with Crippen LogP contribution in [0.1, 0.15) is 38.0 Å². The Kier molecular flexibility index (Phi) is 5.33. The fourth-order valence-corrected chi connectivity index (χ4v) is 3.44. The van der Waals surface area contributed by atoms with Crippen LogP contribution in [0.25, 0.3) is 22.0 Å². The molecule has 0 radical (unpaired) electrons. The number of pyridine rings is 1. The lowest BCUT2D eigenvalue weighted by atomic mass is 9.89. The lowest BCUT2D eigenvalue weighted by Gasteiger charge is -2.29. The molecule has 1 aromatic heterocycles. The largest absolute Gasteiger partial charge is 0.393 e. The van der Waals surface area contributed by atoms with Crippen molar-refractivity contribution in [2.45, 2.75) is 39.4 Å². The van der Waals surface area contributed by atoms with Crippen LogP contribution < -0.4 is 0 Å². The second-order valence-electron chi connectivity index (χ2n) is 7.47. The van der Waals surface area contributed by atoms with E-state index in [1.165, 1.54) is 0 Å². The van der Waals surface area contributed by atoms with Gasteiger partial charge in [-0.1, -0.05) is 29.8 Å². The van der Waals surface area contributed by atoms with E-state index in [1.54, 1.807) is 6.20 Å². The smallest absolute Gasteiger partial charge is 0.107 e. The highest BCUT2D eigenvalue weighted by Gasteiger charge is 2.26. The first-order valence-corrected chi connectivity index (χ1v) is 9.11. The summed E-state index contributed by atoms with van der Waals surface area (Å²) in [4.78, 5) is 4.62. The topological polar surface area (TPSA) is 42.4 Å². The quantitative estimate of drug-likeness (QED) is 0.640. The third kappa shape index (κ3) is 3.90. The molecule has 0 aliphatic heterocycles. The van der Waals surface area contributed by atoms with Crippen LogP contribution in [0.2, 0.25) is 5.02 Å². The van der Waals surface area contributed by atoms with E-state index < -0.39 is 6.10 Å². The number of rotatable bonds is 4. The molecule has 136 valence electrons. The van der Waals surface area contributed by atoms with E-state index in [1.807, 2.05) is 51.1 Å². The third-order valence-corrected chi connectivity index (χ3v) is 4.51. The van der Waals surface area contributed by atoms with Gasteiger partial charge in [0.25, 0.3) is 0 Å². The number of ether oxygens (including phenoxy) is 1. The monoisotopic (exact) mass is 369 g/mol. The van der Waals surface area contributed by atoms with Crippen LogP contribution in [-0.2, 0) is 4.74 Å². The maximum absolute atomic E-state index is 10.1. The number of aliphatic hydroxyl groups is 1. The maximum atomic E-state index is 10.1. The Labute approximate surface area is 159 Å². The van der Waals surface area contributed by atoms with Crippen molar-refractivity contribution in [1.82, 2.24) is 4.98 Å². The van der Waals surface area contributed by atoms with Crippen LogP contribution in [-0.4, -0.2) is 22.3 Å². The van der Waals surface area contributed by atoms with Gasteiger partial charge in [0, 0.05) is 22.2 Å². The Bertz CT molecular complexity index is 914. The molecule has 0 saturated carbocycles. The molecule has 3 rings (SSSR count). The fraction of sp³-hybridized carbons (Fsp3) is 0.318. The summed E-state index contributed by atoms with van der Waals surface area (Å²) < 4.78 is 6.18. The summed E-state index contributed by atoms with van der Waals surface area (Å²) in [7, 11) is 0. The lowest BCUT2D eigenvalue weighted by Crippen LogP contribution is -2.25. The van der Waals surface area contributed by atoms with Gasteiger partial charge in [-0.3, -0.25) is 4.98 Å². The molecule has 0 spiro atoms. The number of aryl methyl sites for hydroxylation is 1. The minimum Gasteiger partial charge on any atom is -0.393 e. The second-order valence-corrected chi connectivity index (χ2v) is 7.90. The summed E-state index contributed by atoms with van der Waals surface area (Å²) in [6.45, 7) is 7.93. The normalized spacial score (nSPS) is 13.2. The summed E-state index contributed by atoms with van der Waals surface area (Å²) >= 11 is 6.09. The van der Waals surface area contributed by atoms with Gasteiger partial charge in [-0.15, -0.1) is 0 Å². The number of nitrogens with zero attached hydrogens (tertiary/aromatic N) is 1. The number of halogens is 1. The highest BCUT2D eigenvalue weighted by molar-refractivity contribution is 6.30. The van der Waals surface area contributed by atoms with Crippen molar-refractivity contribution in [3.8, 4) is 11.1 Å². The minimum absolute atomic E-state index is 0.100. The van der Waals surface area contributed by atoms with E-state index in [4.69, 9.17) is 16.3 Å². The van der Waals surface area contributed by atoms with Crippen molar-refractivity contribution in [3.63, 3.8) is 0 Å². The molecule has 0 saturated heterocycles. The van der Waals surface area contributed by atoms with Crippen LogP contribution >= 0.6 is 11.6 Å². The zero-order valence-electron chi connectivity index (χ0n) is 15.6. The van der Waals surface area contributed by atoms with E-state index in [0.29, 0.717) is 5.02 Å². The van der Waals surface area contributed by atoms with E-state index in [0.717, 1.165) is 33.2 Å². The van der Waals surface area contributed by atoms with Gasteiger partial charge in [0.1, 0.15) is 6.10 Å². The predicted octanol–water partition coefficient (Wildman–Crippen LogP) is 5.71. The third-order valence-electron chi connectivity index (χ3n) is 4.26. The predicted molar refractivity (Wildman–Crippen MR) is 108 cm³/mol. The van der Waals surface area contributed by atoms with Gasteiger partial charge in [0.2, 0.25) is 0 Å². The van der Waals surface area contributed by atoms with Crippen LogP contribution in [0.4, 0.5) is 0 Å². The van der Waals surface area contributed by atoms with Crippen molar-refractivity contribution in [2.75, 3.05) is 6.61 Å². The molecule has 0 bridgehead atoms. The molecule has 0 fully saturated rings. The van der Waals surface area contributed by atoms with E-state index >= 15 is 0 Å². The Hall–Kier alpha value is -1.94. The van der Waals surface area contributed by atoms with Crippen molar-refractivity contribution >= 4 is 22.5 Å². The number of fused-ring (bicyclic) bond motifs is 1. The zero-order chi connectivity index (χ0) is 18.9. The standard InChI is InChI=1S/C22H24ClNO2/c1-14-12-16-6-5-11-24-21(16)20(15-7-9-17(23)10-8-15)19(14)18(13-25)26-22(2,3)4/h5-12,18,25H,13H2,1-4H3. The summed E-state index contributed by atoms with van der Waals surface area (Å²) in [5, 5.41) is 11.8. The van der Waals surface area contributed by atoms with Gasteiger partial charge in [-0.2, -0.15) is 0 Å². The molecule has 0 aliphatic carbocycles. The van der Waals surface area contributed by atoms with Crippen molar-refractivity contribution in [2.24, 2.45) is 0 Å². The average molecular weight is 370 g/mol. The van der Waals surface area contributed by atoms with Crippen molar-refractivity contribution < 1.29 is 9.84 Å². The molecular formula is C22H24ClNO2. The summed E-state index contributed by atoms with van der Waals surface area (Å²) in [5.41, 5.74) is 4.55. The lowest BCUT2D eigenvalue weighted by molar-refractivity contribution is -0.0821. The Morgan fingerprint density at radius 2 is 1.85 bits per heavy atom. The van der Waals surface area contributed by atoms with E-state index in [2.05, 4.69) is 24.0 Å². The van der Waals surface area contributed by atoms with Gasteiger partial charge in [0.15, 0.2) is 0 Å². The first kappa shape index (κ1) is 18.8. The number of benzene rings is 2. The molecule has 3 aromatic rings. The molecule has 0 amide bonds. The molecular weight excluding hydrogens is 346 g/mol. The average Bonchev–Trinajstić information content (AvgIpc) is 2.59. The van der Waals surface area contributed by atoms with Gasteiger partial charge in [0.05, 0.1) is 17.7 Å². The SMILES string of the molecule is Cc1cc2cccnc2c(-c2ccc(Cl)cc2)c1C(CO)OC(C)(C)C. The maximum Gasteiger partial charge on any atom is 0.107 e. The Balaban J connectivity index is 2.32. The van der Waals surface area contributed by atoms with Crippen LogP contribution in [0, 0.1) is 6.92 Å². The van der Waals surface area contributed by atoms with Crippen LogP contribution in [0.5, 0.6) is 0 Å². The minimum atomic E-state index is -0.438. The fourth-order valence-electron chi connectivity index (χ4n) is 3.32. The molecule has 1 N–H and O–H groups in total. The second kappa shape index (κ2) is 7.36. The van der Waals surface area contributed by atoms with Crippen molar-refractivity contribution in [1.29, 1.82) is 0 Å². The number of hydrogen-bond donors (Lipinski definition) is 1. The van der Waals surface area contributed by atoms with Gasteiger partial charge in [-0.25, -0.2) is 0 Å². The Morgan fingerprint density at radius 3 is 2.46 bits per heavy atom. The van der Waals surface area contributed by atoms with E-state index in [-0.39, 0.29) is 12.2 Å². The zero-order valence-corrected chi connectivity index (χ0v) is 16.3. The van der Waals surface area contributed by atoms with Gasteiger partial charge < -0.3 is 9.84 Å². The van der Waals surface area contributed by atoms with Gasteiger partial charge in [-0.05, 0) is 68.7 Å². The molecule has 0 aliphatic rings. The molecule has 3 nitrogen and oxygen atoms in total. The van der Waals surface area contributed by atoms with E-state index in [9.17, 15) is 5.11 Å². The van der Waals surface area contributed by atoms with Crippen molar-refractivity contribution in [3.05, 3.63) is 64.8 Å². The summed E-state index contributed by atoms with van der Waals surface area (Å²) in [6.07, 6.45) is 1.35. The highest BCUT2D eigenvalue weighted by atomic mass is 35.5. The molecule has 2 aromatic carbocycles. The molecule has 4 heteroatoms. The van der Waals surface area contributed by atoms with Gasteiger partial charge >= 0.3 is 0 Å². The molecule has 1 heterocycles. The first-order chi connectivity index (χ1) is 12.3. The summed E-state index contributed by atoms with van der Waals surface area (Å²) in [5.74, 6) is 0. The highest BCUT2D eigenvalue weighted by Crippen LogP contribution is 2.39. The number of aromatic nitrogens is 1. The Morgan fingerprint density at radius 1 is 1.15 bits per heavy atom. The molecule has 1 unspecified atom stereocenters. The number of aliphatic hydroxyl groups excluding tert-OH is 1.